The molecule has 0 saturated carbocycles. The number of para-hydroxylation sites is 1. The van der Waals surface area contributed by atoms with Gasteiger partial charge in [-0.1, -0.05) is 103 Å². The van der Waals surface area contributed by atoms with E-state index in [1.807, 2.05) is 36.4 Å². The van der Waals surface area contributed by atoms with Crippen LogP contribution < -0.4 is 0 Å². The summed E-state index contributed by atoms with van der Waals surface area (Å²) in [5.41, 5.74) is 6.88. The summed E-state index contributed by atoms with van der Waals surface area (Å²) in [6, 6.07) is 43.0. The summed E-state index contributed by atoms with van der Waals surface area (Å²) in [6.07, 6.45) is 0. The quantitative estimate of drug-likeness (QED) is 0.206. The largest absolute Gasteiger partial charge is 0.455 e. The van der Waals surface area contributed by atoms with E-state index in [2.05, 4.69) is 78.9 Å². The third kappa shape index (κ3) is 3.66. The Hall–Kier alpha value is -5.28. The Morgan fingerprint density at radius 1 is 0.415 bits per heavy atom. The Bertz CT molecular complexity index is 2200. The van der Waals surface area contributed by atoms with E-state index in [1.165, 1.54) is 17.7 Å². The summed E-state index contributed by atoms with van der Waals surface area (Å²) in [4.78, 5) is 0. The van der Waals surface area contributed by atoms with Crippen LogP contribution in [0.4, 0.5) is 8.78 Å². The summed E-state index contributed by atoms with van der Waals surface area (Å²) in [5.74, 6) is -1.25. The molecule has 8 aromatic rings. The second kappa shape index (κ2) is 9.14. The van der Waals surface area contributed by atoms with E-state index in [1.54, 1.807) is 0 Å². The van der Waals surface area contributed by atoms with E-state index in [4.69, 9.17) is 4.42 Å². The standard InChI is InChI=1S/C38H22F2O/c39-25-20-24(21-26(40)22-25)27-18-19-33(37-32-16-8-9-17-34(32)41-38(27)37)36-30-14-6-4-12-28(30)35(23-10-2-1-3-11-23)29-13-5-7-15-31(29)36/h1-22H. The molecule has 8 rings (SSSR count). The van der Waals surface area contributed by atoms with E-state index in [0.29, 0.717) is 16.7 Å². The van der Waals surface area contributed by atoms with Gasteiger partial charge in [-0.2, -0.15) is 0 Å². The number of benzene rings is 7. The van der Waals surface area contributed by atoms with Gasteiger partial charge >= 0.3 is 0 Å². The van der Waals surface area contributed by atoms with Gasteiger partial charge < -0.3 is 4.42 Å². The first-order chi connectivity index (χ1) is 20.2. The van der Waals surface area contributed by atoms with Crippen molar-refractivity contribution in [3.8, 4) is 33.4 Å². The third-order valence-corrected chi connectivity index (χ3v) is 7.96. The topological polar surface area (TPSA) is 13.1 Å². The molecule has 0 unspecified atom stereocenters. The second-order valence-electron chi connectivity index (χ2n) is 10.3. The molecule has 194 valence electrons. The second-order valence-corrected chi connectivity index (χ2v) is 10.3. The van der Waals surface area contributed by atoms with Crippen molar-refractivity contribution in [2.45, 2.75) is 0 Å². The van der Waals surface area contributed by atoms with Crippen LogP contribution in [0.5, 0.6) is 0 Å². The van der Waals surface area contributed by atoms with E-state index in [0.717, 1.165) is 60.7 Å². The van der Waals surface area contributed by atoms with Crippen LogP contribution in [-0.2, 0) is 0 Å². The maximum absolute atomic E-state index is 14.3. The van der Waals surface area contributed by atoms with Crippen molar-refractivity contribution >= 4 is 43.5 Å². The molecular formula is C38H22F2O. The van der Waals surface area contributed by atoms with Gasteiger partial charge in [0, 0.05) is 22.4 Å². The minimum atomic E-state index is -0.623. The predicted molar refractivity (Wildman–Crippen MR) is 165 cm³/mol. The molecule has 1 aromatic heterocycles. The number of furan rings is 1. The lowest BCUT2D eigenvalue weighted by atomic mass is 9.84. The molecule has 0 aliphatic rings. The Morgan fingerprint density at radius 3 is 1.56 bits per heavy atom. The maximum atomic E-state index is 14.3. The van der Waals surface area contributed by atoms with Crippen molar-refractivity contribution in [2.24, 2.45) is 0 Å². The monoisotopic (exact) mass is 532 g/mol. The summed E-state index contributed by atoms with van der Waals surface area (Å²) in [6.45, 7) is 0. The molecular weight excluding hydrogens is 510 g/mol. The molecule has 0 bridgehead atoms. The molecule has 41 heavy (non-hydrogen) atoms. The molecule has 0 saturated heterocycles. The van der Waals surface area contributed by atoms with Gasteiger partial charge in [0.25, 0.3) is 0 Å². The average molecular weight is 533 g/mol. The highest BCUT2D eigenvalue weighted by atomic mass is 19.1. The minimum Gasteiger partial charge on any atom is -0.455 e. The van der Waals surface area contributed by atoms with Crippen LogP contribution in [0.2, 0.25) is 0 Å². The van der Waals surface area contributed by atoms with Crippen molar-refractivity contribution in [2.75, 3.05) is 0 Å². The molecule has 0 fully saturated rings. The van der Waals surface area contributed by atoms with E-state index in [-0.39, 0.29) is 0 Å². The molecule has 1 heterocycles. The SMILES string of the molecule is Fc1cc(F)cc(-c2ccc(-c3c4ccccc4c(-c4ccccc4)c4ccccc34)c3c2oc2ccccc23)c1. The van der Waals surface area contributed by atoms with Crippen molar-refractivity contribution < 1.29 is 13.2 Å². The molecule has 0 radical (unpaired) electrons. The maximum Gasteiger partial charge on any atom is 0.143 e. The van der Waals surface area contributed by atoms with Crippen LogP contribution in [0.15, 0.2) is 138 Å². The summed E-state index contributed by atoms with van der Waals surface area (Å²) >= 11 is 0. The van der Waals surface area contributed by atoms with E-state index >= 15 is 0 Å². The number of halogens is 2. The van der Waals surface area contributed by atoms with Gasteiger partial charge in [-0.05, 0) is 73.6 Å². The van der Waals surface area contributed by atoms with Crippen LogP contribution in [0, 0.1) is 11.6 Å². The fourth-order valence-corrected chi connectivity index (χ4v) is 6.31. The Labute approximate surface area is 234 Å². The molecule has 0 aliphatic heterocycles. The lowest BCUT2D eigenvalue weighted by Gasteiger charge is -2.18. The Kier molecular flexibility index (Phi) is 5.26. The molecule has 3 heteroatoms. The van der Waals surface area contributed by atoms with Crippen LogP contribution in [0.3, 0.4) is 0 Å². The first-order valence-electron chi connectivity index (χ1n) is 13.6. The smallest absolute Gasteiger partial charge is 0.143 e. The van der Waals surface area contributed by atoms with Crippen LogP contribution in [-0.4, -0.2) is 0 Å². The van der Waals surface area contributed by atoms with Crippen LogP contribution in [0.25, 0.3) is 76.9 Å². The van der Waals surface area contributed by atoms with Crippen LogP contribution >= 0.6 is 0 Å². The molecule has 7 aromatic carbocycles. The van der Waals surface area contributed by atoms with E-state index in [9.17, 15) is 8.78 Å². The van der Waals surface area contributed by atoms with Crippen molar-refractivity contribution in [3.63, 3.8) is 0 Å². The number of hydrogen-bond donors (Lipinski definition) is 0. The third-order valence-electron chi connectivity index (χ3n) is 7.96. The van der Waals surface area contributed by atoms with E-state index < -0.39 is 11.6 Å². The fourth-order valence-electron chi connectivity index (χ4n) is 6.31. The lowest BCUT2D eigenvalue weighted by Crippen LogP contribution is -1.92. The molecule has 0 spiro atoms. The lowest BCUT2D eigenvalue weighted by molar-refractivity contribution is 0.584. The first kappa shape index (κ1) is 23.6. The molecule has 0 atom stereocenters. The first-order valence-corrected chi connectivity index (χ1v) is 13.6. The highest BCUT2D eigenvalue weighted by Crippen LogP contribution is 2.48. The van der Waals surface area contributed by atoms with Gasteiger partial charge in [-0.15, -0.1) is 0 Å². The highest BCUT2D eigenvalue weighted by Gasteiger charge is 2.22. The van der Waals surface area contributed by atoms with Gasteiger partial charge in [0.2, 0.25) is 0 Å². The Balaban J connectivity index is 1.55. The fraction of sp³-hybridized carbons (Fsp3) is 0. The number of hydrogen-bond acceptors (Lipinski definition) is 1. The zero-order valence-corrected chi connectivity index (χ0v) is 21.9. The normalized spacial score (nSPS) is 11.7. The molecule has 0 N–H and O–H groups in total. The minimum absolute atomic E-state index is 0.437. The number of rotatable bonds is 3. The Morgan fingerprint density at radius 2 is 0.927 bits per heavy atom. The highest BCUT2D eigenvalue weighted by molar-refractivity contribution is 6.26. The summed E-state index contributed by atoms with van der Waals surface area (Å²) in [5, 5.41) is 6.44. The van der Waals surface area contributed by atoms with Gasteiger partial charge in [0.1, 0.15) is 22.8 Å². The van der Waals surface area contributed by atoms with Gasteiger partial charge in [0.15, 0.2) is 0 Å². The average Bonchev–Trinajstić information content (AvgIpc) is 3.39. The van der Waals surface area contributed by atoms with Gasteiger partial charge in [-0.3, -0.25) is 0 Å². The van der Waals surface area contributed by atoms with Crippen molar-refractivity contribution in [1.82, 2.24) is 0 Å². The van der Waals surface area contributed by atoms with Gasteiger partial charge in [0.05, 0.1) is 0 Å². The molecule has 1 nitrogen and oxygen atoms in total. The zero-order chi connectivity index (χ0) is 27.5. The summed E-state index contributed by atoms with van der Waals surface area (Å²) < 4.78 is 35.1. The van der Waals surface area contributed by atoms with Gasteiger partial charge in [-0.25, -0.2) is 8.78 Å². The number of fused-ring (bicyclic) bond motifs is 5. The predicted octanol–water partition coefficient (Wildman–Crippen LogP) is 11.2. The van der Waals surface area contributed by atoms with Crippen LogP contribution in [0.1, 0.15) is 0 Å². The molecule has 0 aliphatic carbocycles. The summed E-state index contributed by atoms with van der Waals surface area (Å²) in [7, 11) is 0. The van der Waals surface area contributed by atoms with Crippen molar-refractivity contribution in [3.05, 3.63) is 145 Å². The van der Waals surface area contributed by atoms with Crippen molar-refractivity contribution in [1.29, 1.82) is 0 Å². The zero-order valence-electron chi connectivity index (χ0n) is 21.9. The molecule has 0 amide bonds.